The second kappa shape index (κ2) is 11.8. The summed E-state index contributed by atoms with van der Waals surface area (Å²) in [6, 6.07) is 14.1. The van der Waals surface area contributed by atoms with Crippen molar-refractivity contribution in [3.05, 3.63) is 70.1 Å². The number of fused-ring (bicyclic) bond motifs is 1. The Balaban J connectivity index is 1.65. The van der Waals surface area contributed by atoms with Crippen molar-refractivity contribution in [3.63, 3.8) is 0 Å². The van der Waals surface area contributed by atoms with E-state index in [1.165, 1.54) is 4.68 Å². The van der Waals surface area contributed by atoms with Gasteiger partial charge in [-0.1, -0.05) is 56.5 Å². The van der Waals surface area contributed by atoms with Gasteiger partial charge in [-0.3, -0.25) is 9.59 Å². The maximum Gasteiger partial charge on any atom is 0.359 e. The lowest BCUT2D eigenvalue weighted by Crippen LogP contribution is -2.30. The first kappa shape index (κ1) is 24.0. The number of hydrogen-bond donors (Lipinski definition) is 1. The Hall–Kier alpha value is -3.68. The van der Waals surface area contributed by atoms with Crippen molar-refractivity contribution in [2.75, 3.05) is 13.7 Å². The van der Waals surface area contributed by atoms with Crippen molar-refractivity contribution >= 4 is 22.6 Å². The fourth-order valence-corrected chi connectivity index (χ4v) is 3.42. The SMILES string of the molecule is CCCCCCn1nc(C(=O)OCC(=O)NCc2ccc(OC)cc2)c2ccccc2c1=O. The molecule has 0 spiro atoms. The molecule has 3 aromatic rings. The molecule has 8 nitrogen and oxygen atoms in total. The van der Waals surface area contributed by atoms with E-state index >= 15 is 0 Å². The lowest BCUT2D eigenvalue weighted by Gasteiger charge is -2.11. The summed E-state index contributed by atoms with van der Waals surface area (Å²) in [6.07, 6.45) is 3.92. The molecule has 1 amide bonds. The van der Waals surface area contributed by atoms with Gasteiger partial charge in [0.1, 0.15) is 5.75 Å². The molecule has 0 aliphatic heterocycles. The largest absolute Gasteiger partial charge is 0.497 e. The van der Waals surface area contributed by atoms with Gasteiger partial charge in [0.25, 0.3) is 11.5 Å². The summed E-state index contributed by atoms with van der Waals surface area (Å²) in [5, 5.41) is 7.79. The van der Waals surface area contributed by atoms with Gasteiger partial charge in [-0.25, -0.2) is 9.48 Å². The molecule has 33 heavy (non-hydrogen) atoms. The van der Waals surface area contributed by atoms with Crippen LogP contribution in [0.25, 0.3) is 10.8 Å². The average Bonchev–Trinajstić information content (AvgIpc) is 2.85. The molecular weight excluding hydrogens is 422 g/mol. The zero-order chi connectivity index (χ0) is 23.6. The van der Waals surface area contributed by atoms with E-state index in [0.29, 0.717) is 23.9 Å². The van der Waals surface area contributed by atoms with Crippen LogP contribution in [0.4, 0.5) is 0 Å². The van der Waals surface area contributed by atoms with E-state index in [1.54, 1.807) is 43.5 Å². The number of amides is 1. The Labute approximate surface area is 192 Å². The maximum absolute atomic E-state index is 12.8. The molecule has 2 aromatic carbocycles. The highest BCUT2D eigenvalue weighted by Gasteiger charge is 2.19. The van der Waals surface area contributed by atoms with Gasteiger partial charge >= 0.3 is 5.97 Å². The van der Waals surface area contributed by atoms with Crippen LogP contribution in [0.3, 0.4) is 0 Å². The molecule has 174 valence electrons. The van der Waals surface area contributed by atoms with Crippen LogP contribution in [0.5, 0.6) is 5.75 Å². The summed E-state index contributed by atoms with van der Waals surface area (Å²) in [6.45, 7) is 2.39. The summed E-state index contributed by atoms with van der Waals surface area (Å²) in [7, 11) is 1.59. The number of carbonyl (C=O) groups is 2. The molecule has 1 aromatic heterocycles. The van der Waals surface area contributed by atoms with Crippen molar-refractivity contribution < 1.29 is 19.1 Å². The minimum absolute atomic E-state index is 0.0312. The molecule has 1 heterocycles. The fourth-order valence-electron chi connectivity index (χ4n) is 3.42. The molecule has 0 aliphatic rings. The summed E-state index contributed by atoms with van der Waals surface area (Å²) in [5.74, 6) is -0.449. The molecule has 3 rings (SSSR count). The van der Waals surface area contributed by atoms with Crippen molar-refractivity contribution in [3.8, 4) is 5.75 Å². The molecule has 0 saturated carbocycles. The van der Waals surface area contributed by atoms with Crippen molar-refractivity contribution in [1.29, 1.82) is 0 Å². The zero-order valence-electron chi connectivity index (χ0n) is 19.0. The van der Waals surface area contributed by atoms with E-state index in [-0.39, 0.29) is 11.3 Å². The Morgan fingerprint density at radius 2 is 1.73 bits per heavy atom. The first-order chi connectivity index (χ1) is 16.0. The first-order valence-corrected chi connectivity index (χ1v) is 11.1. The Kier molecular flexibility index (Phi) is 8.57. The number of esters is 1. The van der Waals surface area contributed by atoms with Gasteiger partial charge in [0.2, 0.25) is 0 Å². The predicted octanol–water partition coefficient (Wildman–Crippen LogP) is 3.46. The van der Waals surface area contributed by atoms with Crippen LogP contribution in [-0.4, -0.2) is 35.4 Å². The third-order valence-corrected chi connectivity index (χ3v) is 5.27. The van der Waals surface area contributed by atoms with Crippen LogP contribution < -0.4 is 15.6 Å². The van der Waals surface area contributed by atoms with Gasteiger partial charge < -0.3 is 14.8 Å². The summed E-state index contributed by atoms with van der Waals surface area (Å²) in [5.41, 5.74) is 0.679. The molecule has 0 atom stereocenters. The number of aromatic nitrogens is 2. The quantitative estimate of drug-likeness (QED) is 0.354. The van der Waals surface area contributed by atoms with Crippen molar-refractivity contribution in [1.82, 2.24) is 15.1 Å². The fraction of sp³-hybridized carbons (Fsp3) is 0.360. The number of ether oxygens (including phenoxy) is 2. The number of methoxy groups -OCH3 is 1. The zero-order valence-corrected chi connectivity index (χ0v) is 19.0. The van der Waals surface area contributed by atoms with E-state index in [2.05, 4.69) is 17.3 Å². The van der Waals surface area contributed by atoms with Gasteiger partial charge in [-0.05, 0) is 30.2 Å². The Morgan fingerprint density at radius 1 is 1.00 bits per heavy atom. The maximum atomic E-state index is 12.8. The molecule has 0 aliphatic carbocycles. The number of nitrogens with one attached hydrogen (secondary N) is 1. The molecule has 0 saturated heterocycles. The van der Waals surface area contributed by atoms with Gasteiger partial charge in [0, 0.05) is 18.5 Å². The summed E-state index contributed by atoms with van der Waals surface area (Å²) in [4.78, 5) is 37.7. The van der Waals surface area contributed by atoms with Crippen LogP contribution in [0.15, 0.2) is 53.3 Å². The molecular formula is C25H29N3O5. The second-order valence-electron chi connectivity index (χ2n) is 7.68. The van der Waals surface area contributed by atoms with Crippen LogP contribution in [-0.2, 0) is 22.6 Å². The highest BCUT2D eigenvalue weighted by atomic mass is 16.5. The smallest absolute Gasteiger partial charge is 0.359 e. The first-order valence-electron chi connectivity index (χ1n) is 11.1. The molecule has 0 bridgehead atoms. The lowest BCUT2D eigenvalue weighted by atomic mass is 10.1. The van der Waals surface area contributed by atoms with Crippen molar-refractivity contribution in [2.45, 2.75) is 45.7 Å². The molecule has 8 heteroatoms. The highest BCUT2D eigenvalue weighted by Crippen LogP contribution is 2.15. The predicted molar refractivity (Wildman–Crippen MR) is 125 cm³/mol. The minimum Gasteiger partial charge on any atom is -0.497 e. The van der Waals surface area contributed by atoms with Crippen molar-refractivity contribution in [2.24, 2.45) is 0 Å². The van der Waals surface area contributed by atoms with Gasteiger partial charge in [0.05, 0.1) is 12.5 Å². The summed E-state index contributed by atoms with van der Waals surface area (Å²) >= 11 is 0. The van der Waals surface area contributed by atoms with Gasteiger partial charge in [-0.2, -0.15) is 5.10 Å². The number of rotatable bonds is 11. The normalized spacial score (nSPS) is 10.7. The number of unbranched alkanes of at least 4 members (excludes halogenated alkanes) is 3. The molecule has 0 radical (unpaired) electrons. The van der Waals surface area contributed by atoms with Gasteiger partial charge in [0.15, 0.2) is 12.3 Å². The van der Waals surface area contributed by atoms with E-state index in [1.807, 2.05) is 12.1 Å². The lowest BCUT2D eigenvalue weighted by molar-refractivity contribution is -0.124. The Morgan fingerprint density at radius 3 is 2.42 bits per heavy atom. The third-order valence-electron chi connectivity index (χ3n) is 5.27. The molecule has 0 fully saturated rings. The molecule has 0 unspecified atom stereocenters. The number of aryl methyl sites for hydroxylation is 1. The van der Waals surface area contributed by atoms with Crippen LogP contribution in [0, 0.1) is 0 Å². The van der Waals surface area contributed by atoms with E-state index < -0.39 is 18.5 Å². The number of hydrogen-bond acceptors (Lipinski definition) is 6. The number of carbonyl (C=O) groups excluding carboxylic acids is 2. The monoisotopic (exact) mass is 451 g/mol. The van der Waals surface area contributed by atoms with E-state index in [9.17, 15) is 14.4 Å². The van der Waals surface area contributed by atoms with Crippen LogP contribution >= 0.6 is 0 Å². The highest BCUT2D eigenvalue weighted by molar-refractivity contribution is 6.02. The number of benzene rings is 2. The topological polar surface area (TPSA) is 99.5 Å². The van der Waals surface area contributed by atoms with E-state index in [0.717, 1.165) is 37.0 Å². The minimum atomic E-state index is -0.742. The van der Waals surface area contributed by atoms with Gasteiger partial charge in [-0.15, -0.1) is 0 Å². The molecule has 1 N–H and O–H groups in total. The van der Waals surface area contributed by atoms with Crippen LogP contribution in [0.2, 0.25) is 0 Å². The Bertz CT molecular complexity index is 1150. The van der Waals surface area contributed by atoms with Crippen LogP contribution in [0.1, 0.15) is 48.7 Å². The average molecular weight is 452 g/mol. The standard InChI is InChI=1S/C25H29N3O5/c1-3-4-5-8-15-28-24(30)21-10-7-6-9-20(21)23(27-28)25(31)33-17-22(29)26-16-18-11-13-19(32-2)14-12-18/h6-7,9-14H,3-5,8,15-17H2,1-2H3,(H,26,29). The summed E-state index contributed by atoms with van der Waals surface area (Å²) < 4.78 is 11.6. The third kappa shape index (κ3) is 6.41. The number of nitrogens with zero attached hydrogens (tertiary/aromatic N) is 2. The van der Waals surface area contributed by atoms with E-state index in [4.69, 9.17) is 9.47 Å². The second-order valence-corrected chi connectivity index (χ2v) is 7.68.